The minimum absolute atomic E-state index is 0.0621. The monoisotopic (exact) mass is 288 g/mol. The molecule has 0 fully saturated rings. The molecular weight excluding hydrogens is 264 g/mol. The lowest BCUT2D eigenvalue weighted by molar-refractivity contribution is -0.122. The van der Waals surface area contributed by atoms with E-state index in [1.54, 1.807) is 0 Å². The van der Waals surface area contributed by atoms with E-state index in [1.807, 2.05) is 24.3 Å². The Morgan fingerprint density at radius 2 is 2.10 bits per heavy atom. The Morgan fingerprint density at radius 3 is 2.71 bits per heavy atom. The summed E-state index contributed by atoms with van der Waals surface area (Å²) in [5, 5.41) is 6.14. The van der Waals surface area contributed by atoms with Crippen LogP contribution in [0.25, 0.3) is 0 Å². The van der Waals surface area contributed by atoms with Crippen LogP contribution in [-0.4, -0.2) is 32.1 Å². The highest BCUT2D eigenvalue weighted by Gasteiger charge is 2.07. The van der Waals surface area contributed by atoms with Crippen LogP contribution in [0.2, 0.25) is 0 Å². The topological polar surface area (TPSA) is 50.4 Å². The van der Waals surface area contributed by atoms with Crippen molar-refractivity contribution in [1.29, 1.82) is 0 Å². The van der Waals surface area contributed by atoms with E-state index in [4.69, 9.17) is 4.74 Å². The van der Waals surface area contributed by atoms with Crippen molar-refractivity contribution >= 4 is 5.91 Å². The standard InChI is InChI=1S/C17H24N2O2/c1-13(2)15-3-5-16(6-4-15)21-12-17(20)19-11-14-7-9-18-10-8-14/h3-7,13,18H,8-12H2,1-2H3,(H,19,20). The molecule has 0 aromatic heterocycles. The molecule has 1 aliphatic rings. The fourth-order valence-electron chi connectivity index (χ4n) is 2.19. The van der Waals surface area contributed by atoms with Gasteiger partial charge in [-0.3, -0.25) is 4.79 Å². The normalized spacial score (nSPS) is 14.7. The van der Waals surface area contributed by atoms with Gasteiger partial charge in [0.2, 0.25) is 0 Å². The van der Waals surface area contributed by atoms with Crippen LogP contribution < -0.4 is 15.4 Å². The first-order valence-corrected chi connectivity index (χ1v) is 7.53. The molecule has 0 atom stereocenters. The van der Waals surface area contributed by atoms with Crippen molar-refractivity contribution in [3.63, 3.8) is 0 Å². The molecule has 114 valence electrons. The summed E-state index contributed by atoms with van der Waals surface area (Å²) in [5.41, 5.74) is 2.55. The highest BCUT2D eigenvalue weighted by Crippen LogP contribution is 2.18. The van der Waals surface area contributed by atoms with Crippen LogP contribution >= 0.6 is 0 Å². The van der Waals surface area contributed by atoms with Crippen LogP contribution in [-0.2, 0) is 4.79 Å². The highest BCUT2D eigenvalue weighted by atomic mass is 16.5. The number of hydrogen-bond acceptors (Lipinski definition) is 3. The molecule has 1 heterocycles. The number of benzene rings is 1. The number of amides is 1. The van der Waals surface area contributed by atoms with E-state index >= 15 is 0 Å². The molecule has 2 rings (SSSR count). The van der Waals surface area contributed by atoms with Crippen molar-refractivity contribution in [3.8, 4) is 5.75 Å². The second-order valence-corrected chi connectivity index (χ2v) is 5.61. The van der Waals surface area contributed by atoms with Gasteiger partial charge in [0.1, 0.15) is 5.75 Å². The zero-order valence-electron chi connectivity index (χ0n) is 12.8. The Morgan fingerprint density at radius 1 is 1.33 bits per heavy atom. The molecule has 4 heteroatoms. The zero-order valence-corrected chi connectivity index (χ0v) is 12.8. The minimum atomic E-state index is -0.0811. The maximum Gasteiger partial charge on any atom is 0.258 e. The first kappa shape index (κ1) is 15.6. The van der Waals surface area contributed by atoms with Gasteiger partial charge in [-0.2, -0.15) is 0 Å². The molecule has 1 aromatic carbocycles. The van der Waals surface area contributed by atoms with Crippen LogP contribution in [0.15, 0.2) is 35.9 Å². The highest BCUT2D eigenvalue weighted by molar-refractivity contribution is 5.77. The Balaban J connectivity index is 1.72. The molecule has 0 spiro atoms. The van der Waals surface area contributed by atoms with Gasteiger partial charge in [-0.15, -0.1) is 0 Å². The zero-order chi connectivity index (χ0) is 15.1. The molecule has 0 bridgehead atoms. The number of ether oxygens (including phenoxy) is 1. The van der Waals surface area contributed by atoms with E-state index in [0.29, 0.717) is 12.5 Å². The second kappa shape index (κ2) is 7.84. The molecule has 4 nitrogen and oxygen atoms in total. The summed E-state index contributed by atoms with van der Waals surface area (Å²) in [4.78, 5) is 11.8. The summed E-state index contributed by atoms with van der Waals surface area (Å²) in [5.74, 6) is 1.15. The van der Waals surface area contributed by atoms with Gasteiger partial charge in [0.25, 0.3) is 5.91 Å². The fourth-order valence-corrected chi connectivity index (χ4v) is 2.19. The van der Waals surface area contributed by atoms with Gasteiger partial charge in [0, 0.05) is 13.1 Å². The van der Waals surface area contributed by atoms with Crippen LogP contribution in [0.4, 0.5) is 0 Å². The van der Waals surface area contributed by atoms with Crippen molar-refractivity contribution in [2.24, 2.45) is 0 Å². The van der Waals surface area contributed by atoms with E-state index in [2.05, 4.69) is 30.6 Å². The fraction of sp³-hybridized carbons (Fsp3) is 0.471. The quantitative estimate of drug-likeness (QED) is 0.789. The molecule has 0 saturated heterocycles. The van der Waals surface area contributed by atoms with E-state index in [0.717, 1.165) is 25.3 Å². The van der Waals surface area contributed by atoms with Gasteiger partial charge >= 0.3 is 0 Å². The molecule has 2 N–H and O–H groups in total. The number of nitrogens with one attached hydrogen (secondary N) is 2. The van der Waals surface area contributed by atoms with Crippen molar-refractivity contribution in [1.82, 2.24) is 10.6 Å². The molecule has 1 aromatic rings. The van der Waals surface area contributed by atoms with Gasteiger partial charge in [-0.05, 0) is 36.6 Å². The van der Waals surface area contributed by atoms with Crippen molar-refractivity contribution in [3.05, 3.63) is 41.5 Å². The first-order chi connectivity index (χ1) is 10.1. The van der Waals surface area contributed by atoms with Crippen molar-refractivity contribution in [2.75, 3.05) is 26.2 Å². The van der Waals surface area contributed by atoms with Crippen LogP contribution in [0, 0.1) is 0 Å². The molecule has 0 saturated carbocycles. The maximum atomic E-state index is 11.8. The molecule has 1 amide bonds. The molecule has 0 aliphatic carbocycles. The second-order valence-electron chi connectivity index (χ2n) is 5.61. The minimum Gasteiger partial charge on any atom is -0.484 e. The Hall–Kier alpha value is -1.81. The Labute approximate surface area is 126 Å². The van der Waals surface area contributed by atoms with Crippen LogP contribution in [0.5, 0.6) is 5.75 Å². The van der Waals surface area contributed by atoms with Crippen LogP contribution in [0.3, 0.4) is 0 Å². The van der Waals surface area contributed by atoms with Gasteiger partial charge in [0.15, 0.2) is 6.61 Å². The molecule has 0 radical (unpaired) electrons. The van der Waals surface area contributed by atoms with E-state index in [1.165, 1.54) is 11.1 Å². The average Bonchev–Trinajstić information content (AvgIpc) is 2.52. The first-order valence-electron chi connectivity index (χ1n) is 7.53. The smallest absolute Gasteiger partial charge is 0.258 e. The Kier molecular flexibility index (Phi) is 5.81. The summed E-state index contributed by atoms with van der Waals surface area (Å²) >= 11 is 0. The third kappa shape index (κ3) is 5.23. The maximum absolute atomic E-state index is 11.8. The third-order valence-corrected chi connectivity index (χ3v) is 3.59. The lowest BCUT2D eigenvalue weighted by Gasteiger charge is -2.14. The van der Waals surface area contributed by atoms with Crippen molar-refractivity contribution in [2.45, 2.75) is 26.2 Å². The van der Waals surface area contributed by atoms with Gasteiger partial charge in [0.05, 0.1) is 0 Å². The molecule has 0 unspecified atom stereocenters. The molecule has 21 heavy (non-hydrogen) atoms. The molecular formula is C17H24N2O2. The summed E-state index contributed by atoms with van der Waals surface area (Å²) in [6.07, 6.45) is 3.13. The van der Waals surface area contributed by atoms with E-state index in [9.17, 15) is 4.79 Å². The number of carbonyl (C=O) groups is 1. The lowest BCUT2D eigenvalue weighted by atomic mass is 10.0. The van der Waals surface area contributed by atoms with Gasteiger partial charge < -0.3 is 15.4 Å². The van der Waals surface area contributed by atoms with E-state index in [-0.39, 0.29) is 12.5 Å². The molecule has 1 aliphatic heterocycles. The number of hydrogen-bond donors (Lipinski definition) is 2. The summed E-state index contributed by atoms with van der Waals surface area (Å²) in [6, 6.07) is 7.91. The summed E-state index contributed by atoms with van der Waals surface area (Å²) < 4.78 is 5.50. The predicted molar refractivity (Wildman–Crippen MR) is 84.6 cm³/mol. The summed E-state index contributed by atoms with van der Waals surface area (Å²) in [6.45, 7) is 6.87. The summed E-state index contributed by atoms with van der Waals surface area (Å²) in [7, 11) is 0. The lowest BCUT2D eigenvalue weighted by Crippen LogP contribution is -2.32. The Bertz CT molecular complexity index is 492. The SMILES string of the molecule is CC(C)c1ccc(OCC(=O)NCC2=CCNCC2)cc1. The largest absolute Gasteiger partial charge is 0.484 e. The van der Waals surface area contributed by atoms with E-state index < -0.39 is 0 Å². The van der Waals surface area contributed by atoms with Crippen molar-refractivity contribution < 1.29 is 9.53 Å². The number of carbonyl (C=O) groups excluding carboxylic acids is 1. The predicted octanol–water partition coefficient (Wildman–Crippen LogP) is 2.22. The van der Waals surface area contributed by atoms with Gasteiger partial charge in [-0.25, -0.2) is 0 Å². The average molecular weight is 288 g/mol. The third-order valence-electron chi connectivity index (χ3n) is 3.59. The van der Waals surface area contributed by atoms with Gasteiger partial charge in [-0.1, -0.05) is 37.6 Å². The van der Waals surface area contributed by atoms with Crippen LogP contribution in [0.1, 0.15) is 31.7 Å². The number of rotatable bonds is 6.